The van der Waals surface area contributed by atoms with Gasteiger partial charge < -0.3 is 48.3 Å². The summed E-state index contributed by atoms with van der Waals surface area (Å²) in [5, 5.41) is 25.4. The lowest BCUT2D eigenvalue weighted by Crippen LogP contribution is -2.57. The molecule has 4 unspecified atom stereocenters. The zero-order chi connectivity index (χ0) is 28.0. The molecule has 0 radical (unpaired) electrons. The van der Waals surface area contributed by atoms with Gasteiger partial charge in [-0.25, -0.2) is 9.78 Å². The van der Waals surface area contributed by atoms with Crippen molar-refractivity contribution in [1.29, 1.82) is 0 Å². The van der Waals surface area contributed by atoms with Crippen LogP contribution in [0.3, 0.4) is 0 Å². The van der Waals surface area contributed by atoms with Gasteiger partial charge in [-0.2, -0.15) is 0 Å². The molecule has 0 spiro atoms. The monoisotopic (exact) mass is 526 g/mol. The zero-order valence-corrected chi connectivity index (χ0v) is 20.1. The molecule has 12 N–H and O–H groups in total. The van der Waals surface area contributed by atoms with Crippen LogP contribution in [0.5, 0.6) is 0 Å². The Balaban J connectivity index is 3.06. The van der Waals surface area contributed by atoms with Gasteiger partial charge in [0.15, 0.2) is 0 Å². The normalized spacial score (nSPS) is 14.0. The molecule has 16 heteroatoms. The second-order valence-electron chi connectivity index (χ2n) is 8.30. The molecule has 0 aliphatic heterocycles. The molecule has 37 heavy (non-hydrogen) atoms. The average Bonchev–Trinajstić information content (AvgIpc) is 3.32. The number of amides is 4. The lowest BCUT2D eigenvalue weighted by Gasteiger charge is -2.25. The van der Waals surface area contributed by atoms with Gasteiger partial charge in [-0.3, -0.25) is 24.0 Å². The highest BCUT2D eigenvalue weighted by Gasteiger charge is 2.31. The summed E-state index contributed by atoms with van der Waals surface area (Å²) in [7, 11) is 0. The number of aromatic amines is 1. The number of nitrogens with one attached hydrogen (secondary N) is 4. The first-order valence-corrected chi connectivity index (χ1v) is 11.5. The third kappa shape index (κ3) is 12.0. The highest BCUT2D eigenvalue weighted by atomic mass is 16.4. The van der Waals surface area contributed by atoms with E-state index in [4.69, 9.17) is 22.3 Å². The van der Waals surface area contributed by atoms with Crippen LogP contribution in [0, 0.1) is 0 Å². The van der Waals surface area contributed by atoms with Crippen LogP contribution in [-0.4, -0.2) is 86.5 Å². The van der Waals surface area contributed by atoms with Gasteiger partial charge in [-0.05, 0) is 32.2 Å². The second kappa shape index (κ2) is 15.8. The molecule has 4 amide bonds. The summed E-state index contributed by atoms with van der Waals surface area (Å²) in [5.74, 6) is -5.96. The molecule has 0 aromatic carbocycles. The summed E-state index contributed by atoms with van der Waals surface area (Å²) < 4.78 is 0. The fourth-order valence-electron chi connectivity index (χ4n) is 3.25. The number of hydrogen-bond acceptors (Lipinski definition) is 9. The first-order valence-electron chi connectivity index (χ1n) is 11.5. The number of H-pyrrole nitrogens is 1. The number of rotatable bonds is 18. The molecular formula is C21H34N8O8. The lowest BCUT2D eigenvalue weighted by molar-refractivity contribution is -0.143. The summed E-state index contributed by atoms with van der Waals surface area (Å²) >= 11 is 0. The van der Waals surface area contributed by atoms with Crippen molar-refractivity contribution in [3.05, 3.63) is 18.2 Å². The number of carboxylic acid groups (broad SMARTS) is 2. The number of carbonyl (C=O) groups excluding carboxylic acids is 4. The molecular weight excluding hydrogens is 492 g/mol. The van der Waals surface area contributed by atoms with E-state index >= 15 is 0 Å². The minimum Gasteiger partial charge on any atom is -0.481 e. The molecule has 0 saturated carbocycles. The van der Waals surface area contributed by atoms with Crippen molar-refractivity contribution in [2.45, 2.75) is 69.1 Å². The van der Waals surface area contributed by atoms with Crippen molar-refractivity contribution < 1.29 is 39.0 Å². The number of nitrogens with zero attached hydrogens (tertiary/aromatic N) is 1. The fourth-order valence-corrected chi connectivity index (χ4v) is 3.25. The predicted molar refractivity (Wildman–Crippen MR) is 127 cm³/mol. The summed E-state index contributed by atoms with van der Waals surface area (Å²) in [6, 6.07) is -5.28. The van der Waals surface area contributed by atoms with Crippen molar-refractivity contribution in [2.75, 3.05) is 6.54 Å². The van der Waals surface area contributed by atoms with Crippen LogP contribution in [-0.2, 0) is 35.2 Å². The SMILES string of the molecule is NCCCCC(NC(=O)C(N)CC(N)=O)C(=O)NC(Cc1cnc[nH]1)C(=O)NC(CCC(=O)O)C(=O)O. The number of nitrogens with two attached hydrogens (primary N) is 3. The topological polar surface area (TPSA) is 286 Å². The Kier molecular flexibility index (Phi) is 13.3. The van der Waals surface area contributed by atoms with E-state index in [1.54, 1.807) is 0 Å². The summed E-state index contributed by atoms with van der Waals surface area (Å²) in [4.78, 5) is 78.5. The Morgan fingerprint density at radius 2 is 1.54 bits per heavy atom. The third-order valence-electron chi connectivity index (χ3n) is 5.21. The summed E-state index contributed by atoms with van der Waals surface area (Å²) in [6.07, 6.45) is 2.40. The van der Waals surface area contributed by atoms with Gasteiger partial charge in [0, 0.05) is 24.7 Å². The quantitative estimate of drug-likeness (QED) is 0.0853. The molecule has 0 saturated heterocycles. The standard InChI is InChI=1S/C21H34N8O8/c22-6-2-1-3-13(27-18(33)12(23)8-16(24)30)19(34)29-15(7-11-9-25-10-26-11)20(35)28-14(21(36)37)4-5-17(31)32/h9-10,12-15H,1-8,22-23H2,(H2,24,30)(H,25,26)(H,27,33)(H,28,35)(H,29,34)(H,31,32)(H,36,37). The highest BCUT2D eigenvalue weighted by Crippen LogP contribution is 2.06. The van der Waals surface area contributed by atoms with Crippen LogP contribution in [0.25, 0.3) is 0 Å². The highest BCUT2D eigenvalue weighted by molar-refractivity contribution is 5.95. The van der Waals surface area contributed by atoms with Gasteiger partial charge in [-0.1, -0.05) is 0 Å². The number of aromatic nitrogens is 2. The molecule has 0 aliphatic carbocycles. The molecule has 0 fully saturated rings. The smallest absolute Gasteiger partial charge is 0.326 e. The Morgan fingerprint density at radius 3 is 2.08 bits per heavy atom. The van der Waals surface area contributed by atoms with Crippen molar-refractivity contribution >= 4 is 35.6 Å². The van der Waals surface area contributed by atoms with Gasteiger partial charge >= 0.3 is 11.9 Å². The largest absolute Gasteiger partial charge is 0.481 e. The van der Waals surface area contributed by atoms with Gasteiger partial charge in [0.25, 0.3) is 0 Å². The molecule has 16 nitrogen and oxygen atoms in total. The molecule has 1 aromatic rings. The van der Waals surface area contributed by atoms with Gasteiger partial charge in [0.1, 0.15) is 18.1 Å². The number of carbonyl (C=O) groups is 6. The molecule has 1 aromatic heterocycles. The number of primary amides is 1. The maximum Gasteiger partial charge on any atom is 0.326 e. The number of aliphatic carboxylic acids is 2. The van der Waals surface area contributed by atoms with Gasteiger partial charge in [0.05, 0.1) is 18.8 Å². The maximum atomic E-state index is 13.1. The minimum absolute atomic E-state index is 0.118. The molecule has 1 rings (SSSR count). The van der Waals surface area contributed by atoms with E-state index in [9.17, 15) is 33.9 Å². The van der Waals surface area contributed by atoms with Gasteiger partial charge in [0.2, 0.25) is 23.6 Å². The van der Waals surface area contributed by atoms with Crippen LogP contribution >= 0.6 is 0 Å². The Morgan fingerprint density at radius 1 is 0.919 bits per heavy atom. The second-order valence-corrected chi connectivity index (χ2v) is 8.30. The van der Waals surface area contributed by atoms with Crippen molar-refractivity contribution in [3.8, 4) is 0 Å². The molecule has 1 heterocycles. The predicted octanol–water partition coefficient (Wildman–Crippen LogP) is -3.31. The average molecular weight is 527 g/mol. The summed E-state index contributed by atoms with van der Waals surface area (Å²) in [6.45, 7) is 0.335. The van der Waals surface area contributed by atoms with Crippen LogP contribution in [0.15, 0.2) is 12.5 Å². The fraction of sp³-hybridized carbons (Fsp3) is 0.571. The molecule has 0 bridgehead atoms. The number of unbranched alkanes of at least 4 members (excludes halogenated alkanes) is 1. The Labute approximate surface area is 212 Å². The van der Waals surface area contributed by atoms with Crippen molar-refractivity contribution in [1.82, 2.24) is 25.9 Å². The maximum absolute atomic E-state index is 13.1. The van der Waals surface area contributed by atoms with E-state index < -0.39 is 72.6 Å². The lowest BCUT2D eigenvalue weighted by atomic mass is 10.0. The summed E-state index contributed by atoms with van der Waals surface area (Å²) in [5.41, 5.74) is 16.7. The number of imidazole rings is 1. The van der Waals surface area contributed by atoms with Gasteiger partial charge in [-0.15, -0.1) is 0 Å². The van der Waals surface area contributed by atoms with E-state index in [0.717, 1.165) is 0 Å². The number of carboxylic acids is 2. The minimum atomic E-state index is -1.52. The first kappa shape index (κ1) is 31.0. The Bertz CT molecular complexity index is 939. The molecule has 4 atom stereocenters. The van der Waals surface area contributed by atoms with Crippen LogP contribution in [0.1, 0.15) is 44.2 Å². The van der Waals surface area contributed by atoms with Crippen LogP contribution in [0.4, 0.5) is 0 Å². The number of hydrogen-bond donors (Lipinski definition) is 9. The first-order chi connectivity index (χ1) is 17.4. The Hall–Kier alpha value is -4.05. The molecule has 206 valence electrons. The third-order valence-corrected chi connectivity index (χ3v) is 5.21. The van der Waals surface area contributed by atoms with E-state index in [0.29, 0.717) is 25.1 Å². The zero-order valence-electron chi connectivity index (χ0n) is 20.1. The van der Waals surface area contributed by atoms with Crippen molar-refractivity contribution in [2.24, 2.45) is 17.2 Å². The van der Waals surface area contributed by atoms with E-state index in [2.05, 4.69) is 25.9 Å². The van der Waals surface area contributed by atoms with E-state index in [1.807, 2.05) is 0 Å². The molecule has 0 aliphatic rings. The van der Waals surface area contributed by atoms with E-state index in [-0.39, 0.29) is 19.3 Å². The van der Waals surface area contributed by atoms with Crippen LogP contribution in [0.2, 0.25) is 0 Å². The van der Waals surface area contributed by atoms with E-state index in [1.165, 1.54) is 12.5 Å². The van der Waals surface area contributed by atoms with Crippen molar-refractivity contribution in [3.63, 3.8) is 0 Å². The van der Waals surface area contributed by atoms with Crippen LogP contribution < -0.4 is 33.2 Å².